The van der Waals surface area contributed by atoms with Gasteiger partial charge >= 0.3 is 6.03 Å². The van der Waals surface area contributed by atoms with E-state index in [1.54, 1.807) is 0 Å². The molecule has 0 bridgehead atoms. The molecule has 0 saturated heterocycles. The Bertz CT molecular complexity index is 143. The molecule has 4 nitrogen and oxygen atoms in total. The first-order chi connectivity index (χ1) is 5.79. The van der Waals surface area contributed by atoms with Gasteiger partial charge in [0, 0.05) is 19.1 Å². The Hall–Kier alpha value is -0.770. The lowest BCUT2D eigenvalue weighted by molar-refractivity contribution is 0.249. The average molecular weight is 171 g/mol. The highest BCUT2D eigenvalue weighted by Gasteiger charge is 2.12. The van der Waals surface area contributed by atoms with E-state index in [1.807, 2.05) is 0 Å². The zero-order valence-corrected chi connectivity index (χ0v) is 7.31. The largest absolute Gasteiger partial charge is 0.352 e. The van der Waals surface area contributed by atoms with Crippen molar-refractivity contribution in [3.63, 3.8) is 0 Å². The van der Waals surface area contributed by atoms with Crippen molar-refractivity contribution in [1.82, 2.24) is 10.6 Å². The molecule has 2 amide bonds. The van der Waals surface area contributed by atoms with Gasteiger partial charge in [-0.15, -0.1) is 0 Å². The van der Waals surface area contributed by atoms with Crippen LogP contribution in [0.3, 0.4) is 0 Å². The van der Waals surface area contributed by atoms with Crippen molar-refractivity contribution in [2.45, 2.75) is 31.7 Å². The number of urea groups is 1. The summed E-state index contributed by atoms with van der Waals surface area (Å²) < 4.78 is 0. The summed E-state index contributed by atoms with van der Waals surface area (Å²) in [5.74, 6) is 0. The zero-order chi connectivity index (χ0) is 8.81. The minimum absolute atomic E-state index is 0.441. The van der Waals surface area contributed by atoms with E-state index in [2.05, 4.69) is 10.6 Å². The maximum Gasteiger partial charge on any atom is 0.312 e. The molecule has 0 aliphatic heterocycles. The van der Waals surface area contributed by atoms with Gasteiger partial charge in [0.25, 0.3) is 0 Å². The molecule has 0 aromatic rings. The smallest absolute Gasteiger partial charge is 0.312 e. The van der Waals surface area contributed by atoms with Crippen LogP contribution in [0.2, 0.25) is 0 Å². The van der Waals surface area contributed by atoms with Gasteiger partial charge in [0.1, 0.15) is 0 Å². The molecule has 0 aromatic carbocycles. The number of carbonyl (C=O) groups is 1. The fraction of sp³-hybridized carbons (Fsp3) is 0.875. The number of primary amides is 1. The maximum absolute atomic E-state index is 10.3. The summed E-state index contributed by atoms with van der Waals surface area (Å²) in [4.78, 5) is 10.3. The first kappa shape index (κ1) is 9.32. The van der Waals surface area contributed by atoms with E-state index in [-0.39, 0.29) is 0 Å². The third-order valence-corrected chi connectivity index (χ3v) is 2.21. The van der Waals surface area contributed by atoms with Crippen LogP contribution in [0.15, 0.2) is 0 Å². The quantitative estimate of drug-likeness (QED) is 0.528. The van der Waals surface area contributed by atoms with Crippen molar-refractivity contribution in [3.8, 4) is 0 Å². The van der Waals surface area contributed by atoms with Gasteiger partial charge in [-0.25, -0.2) is 4.79 Å². The fourth-order valence-electron chi connectivity index (χ4n) is 1.59. The van der Waals surface area contributed by atoms with E-state index < -0.39 is 6.03 Å². The molecule has 0 radical (unpaired) electrons. The molecule has 12 heavy (non-hydrogen) atoms. The van der Waals surface area contributed by atoms with Crippen LogP contribution < -0.4 is 16.4 Å². The molecular formula is C8H17N3O. The lowest BCUT2D eigenvalue weighted by Gasteiger charge is -2.10. The molecule has 0 unspecified atom stereocenters. The highest BCUT2D eigenvalue weighted by molar-refractivity contribution is 5.71. The molecular weight excluding hydrogens is 154 g/mol. The third-order valence-electron chi connectivity index (χ3n) is 2.21. The average Bonchev–Trinajstić information content (AvgIpc) is 2.49. The maximum atomic E-state index is 10.3. The highest BCUT2D eigenvalue weighted by Crippen LogP contribution is 2.16. The van der Waals surface area contributed by atoms with Crippen molar-refractivity contribution >= 4 is 6.03 Å². The second kappa shape index (κ2) is 4.98. The lowest BCUT2D eigenvalue weighted by Crippen LogP contribution is -2.38. The number of rotatable bonds is 4. The first-order valence-corrected chi connectivity index (χ1v) is 4.56. The first-order valence-electron chi connectivity index (χ1n) is 4.56. The minimum Gasteiger partial charge on any atom is -0.352 e. The van der Waals surface area contributed by atoms with Crippen LogP contribution in [0, 0.1) is 0 Å². The molecule has 0 spiro atoms. The molecule has 1 aliphatic carbocycles. The van der Waals surface area contributed by atoms with Crippen molar-refractivity contribution in [3.05, 3.63) is 0 Å². The number of amides is 2. The highest BCUT2D eigenvalue weighted by atomic mass is 16.2. The van der Waals surface area contributed by atoms with Crippen LogP contribution in [0.1, 0.15) is 25.7 Å². The minimum atomic E-state index is -0.441. The summed E-state index contributed by atoms with van der Waals surface area (Å²) in [5.41, 5.74) is 4.91. The van der Waals surface area contributed by atoms with E-state index in [0.29, 0.717) is 12.6 Å². The second-order valence-electron chi connectivity index (χ2n) is 3.23. The van der Waals surface area contributed by atoms with Crippen LogP contribution in [-0.2, 0) is 0 Å². The lowest BCUT2D eigenvalue weighted by atomic mass is 10.2. The topological polar surface area (TPSA) is 67.2 Å². The van der Waals surface area contributed by atoms with Gasteiger partial charge < -0.3 is 16.4 Å². The van der Waals surface area contributed by atoms with Crippen LogP contribution in [0.25, 0.3) is 0 Å². The predicted molar refractivity (Wildman–Crippen MR) is 47.8 cm³/mol. The summed E-state index contributed by atoms with van der Waals surface area (Å²) in [7, 11) is 0. The molecule has 1 saturated carbocycles. The van der Waals surface area contributed by atoms with Gasteiger partial charge in [-0.05, 0) is 12.8 Å². The van der Waals surface area contributed by atoms with Crippen LogP contribution in [-0.4, -0.2) is 25.2 Å². The summed E-state index contributed by atoms with van der Waals surface area (Å²) in [6.45, 7) is 1.46. The van der Waals surface area contributed by atoms with E-state index in [0.717, 1.165) is 6.54 Å². The van der Waals surface area contributed by atoms with Crippen LogP contribution >= 0.6 is 0 Å². The van der Waals surface area contributed by atoms with Crippen molar-refractivity contribution < 1.29 is 4.79 Å². The van der Waals surface area contributed by atoms with Gasteiger partial charge in [0.05, 0.1) is 0 Å². The second-order valence-corrected chi connectivity index (χ2v) is 3.23. The molecule has 0 heterocycles. The van der Waals surface area contributed by atoms with Crippen molar-refractivity contribution in [2.24, 2.45) is 5.73 Å². The summed E-state index contributed by atoms with van der Waals surface area (Å²) in [6.07, 6.45) is 5.22. The van der Waals surface area contributed by atoms with Gasteiger partial charge in [0.2, 0.25) is 0 Å². The Morgan fingerprint density at radius 1 is 1.33 bits per heavy atom. The molecule has 1 aliphatic rings. The number of hydrogen-bond donors (Lipinski definition) is 3. The summed E-state index contributed by atoms with van der Waals surface area (Å²) in [6, 6.07) is 0.225. The molecule has 0 atom stereocenters. The molecule has 1 fully saturated rings. The molecule has 70 valence electrons. The third kappa shape index (κ3) is 3.57. The van der Waals surface area contributed by atoms with E-state index in [9.17, 15) is 4.79 Å². The summed E-state index contributed by atoms with van der Waals surface area (Å²) >= 11 is 0. The molecule has 4 heteroatoms. The number of hydrogen-bond acceptors (Lipinski definition) is 2. The van der Waals surface area contributed by atoms with Gasteiger partial charge in [0.15, 0.2) is 0 Å². The Labute approximate surface area is 72.9 Å². The summed E-state index contributed by atoms with van der Waals surface area (Å²) in [5, 5.41) is 5.91. The van der Waals surface area contributed by atoms with Crippen molar-refractivity contribution in [2.75, 3.05) is 13.1 Å². The predicted octanol–water partition coefficient (Wildman–Crippen LogP) is 0.187. The molecule has 1 rings (SSSR count). The molecule has 0 aromatic heterocycles. The standard InChI is InChI=1S/C8H17N3O/c9-8(12)11-6-5-10-7-3-1-2-4-7/h7,10H,1-6H2,(H3,9,11,12). The van der Waals surface area contributed by atoms with Gasteiger partial charge in [-0.3, -0.25) is 0 Å². The SMILES string of the molecule is NC(=O)NCCNC1CCCC1. The number of carbonyl (C=O) groups excluding carboxylic acids is 1. The Morgan fingerprint density at radius 2 is 2.00 bits per heavy atom. The van der Waals surface area contributed by atoms with E-state index >= 15 is 0 Å². The van der Waals surface area contributed by atoms with Crippen LogP contribution in [0.5, 0.6) is 0 Å². The Balaban J connectivity index is 1.91. The Morgan fingerprint density at radius 3 is 2.58 bits per heavy atom. The van der Waals surface area contributed by atoms with E-state index in [4.69, 9.17) is 5.73 Å². The van der Waals surface area contributed by atoms with E-state index in [1.165, 1.54) is 25.7 Å². The zero-order valence-electron chi connectivity index (χ0n) is 7.31. The molecule has 4 N–H and O–H groups in total. The monoisotopic (exact) mass is 171 g/mol. The van der Waals surface area contributed by atoms with Gasteiger partial charge in [-0.1, -0.05) is 12.8 Å². The van der Waals surface area contributed by atoms with Crippen molar-refractivity contribution in [1.29, 1.82) is 0 Å². The Kier molecular flexibility index (Phi) is 3.87. The normalized spacial score (nSPS) is 18.0. The van der Waals surface area contributed by atoms with Crippen LogP contribution in [0.4, 0.5) is 4.79 Å². The number of nitrogens with one attached hydrogen (secondary N) is 2. The van der Waals surface area contributed by atoms with Gasteiger partial charge in [-0.2, -0.15) is 0 Å². The number of nitrogens with two attached hydrogens (primary N) is 1. The fourth-order valence-corrected chi connectivity index (χ4v) is 1.59.